The number of anilines is 1. The van der Waals surface area contributed by atoms with Crippen molar-refractivity contribution in [2.75, 3.05) is 31.5 Å². The van der Waals surface area contributed by atoms with Crippen molar-refractivity contribution in [1.82, 2.24) is 15.5 Å². The number of amides is 4. The Labute approximate surface area is 124 Å². The van der Waals surface area contributed by atoms with Gasteiger partial charge in [-0.15, -0.1) is 0 Å². The predicted molar refractivity (Wildman–Crippen MR) is 73.4 cm³/mol. The number of nitrogens with one attached hydrogen (secondary N) is 3. The van der Waals surface area contributed by atoms with Crippen molar-refractivity contribution in [3.05, 3.63) is 29.8 Å². The Morgan fingerprint density at radius 3 is 2.77 bits per heavy atom. The maximum Gasteiger partial charge on any atom is 0.416 e. The summed E-state index contributed by atoms with van der Waals surface area (Å²) < 4.78 is 37.6. The molecule has 0 saturated carbocycles. The SMILES string of the molecule is O=C(NCCN1CCNC1=O)Nc1cccc(C(F)(F)F)c1. The van der Waals surface area contributed by atoms with Crippen LogP contribution in [0.3, 0.4) is 0 Å². The molecule has 0 aliphatic carbocycles. The fourth-order valence-corrected chi connectivity index (χ4v) is 1.98. The third-order valence-electron chi connectivity index (χ3n) is 3.06. The van der Waals surface area contributed by atoms with Crippen molar-refractivity contribution in [2.24, 2.45) is 0 Å². The Bertz CT molecular complexity index is 562. The minimum Gasteiger partial charge on any atom is -0.336 e. The molecule has 1 aromatic carbocycles. The molecule has 22 heavy (non-hydrogen) atoms. The van der Waals surface area contributed by atoms with Crippen LogP contribution in [-0.2, 0) is 6.18 Å². The second-order valence-electron chi connectivity index (χ2n) is 4.68. The Morgan fingerprint density at radius 1 is 1.36 bits per heavy atom. The summed E-state index contributed by atoms with van der Waals surface area (Å²) in [6.07, 6.45) is -4.46. The van der Waals surface area contributed by atoms with Gasteiger partial charge in [-0.05, 0) is 18.2 Å². The van der Waals surface area contributed by atoms with Gasteiger partial charge < -0.3 is 20.9 Å². The van der Waals surface area contributed by atoms with Crippen LogP contribution in [0.1, 0.15) is 5.56 Å². The van der Waals surface area contributed by atoms with Crippen LogP contribution in [0.4, 0.5) is 28.4 Å². The molecule has 1 aromatic rings. The molecule has 3 N–H and O–H groups in total. The number of benzene rings is 1. The monoisotopic (exact) mass is 316 g/mol. The average Bonchev–Trinajstić information content (AvgIpc) is 2.84. The largest absolute Gasteiger partial charge is 0.416 e. The molecule has 9 heteroatoms. The molecule has 1 aliphatic heterocycles. The van der Waals surface area contributed by atoms with Crippen LogP contribution in [0.2, 0.25) is 0 Å². The maximum atomic E-state index is 12.5. The first kappa shape index (κ1) is 15.9. The summed E-state index contributed by atoms with van der Waals surface area (Å²) in [4.78, 5) is 24.4. The number of urea groups is 2. The number of rotatable bonds is 4. The van der Waals surface area contributed by atoms with Gasteiger partial charge in [0.05, 0.1) is 5.56 Å². The molecule has 0 atom stereocenters. The highest BCUT2D eigenvalue weighted by Crippen LogP contribution is 2.30. The van der Waals surface area contributed by atoms with E-state index in [2.05, 4.69) is 16.0 Å². The van der Waals surface area contributed by atoms with Gasteiger partial charge in [-0.25, -0.2) is 9.59 Å². The summed E-state index contributed by atoms with van der Waals surface area (Å²) in [6.45, 7) is 1.67. The molecule has 1 aliphatic rings. The molecular formula is C13H15F3N4O2. The Hall–Kier alpha value is -2.45. The van der Waals surface area contributed by atoms with Crippen LogP contribution < -0.4 is 16.0 Å². The first-order chi connectivity index (χ1) is 10.4. The minimum atomic E-state index is -4.46. The van der Waals surface area contributed by atoms with Crippen LogP contribution in [0.25, 0.3) is 0 Å². The van der Waals surface area contributed by atoms with Crippen LogP contribution >= 0.6 is 0 Å². The van der Waals surface area contributed by atoms with Gasteiger partial charge >= 0.3 is 18.2 Å². The van der Waals surface area contributed by atoms with Gasteiger partial charge in [-0.3, -0.25) is 0 Å². The predicted octanol–water partition coefficient (Wildman–Crippen LogP) is 1.85. The van der Waals surface area contributed by atoms with Crippen molar-refractivity contribution in [1.29, 1.82) is 0 Å². The number of nitrogens with zero attached hydrogens (tertiary/aromatic N) is 1. The van der Waals surface area contributed by atoms with Crippen molar-refractivity contribution in [3.63, 3.8) is 0 Å². The van der Waals surface area contributed by atoms with Gasteiger partial charge in [0.2, 0.25) is 0 Å². The summed E-state index contributed by atoms with van der Waals surface area (Å²) in [5, 5.41) is 7.43. The van der Waals surface area contributed by atoms with Crippen molar-refractivity contribution in [3.8, 4) is 0 Å². The van der Waals surface area contributed by atoms with E-state index in [0.29, 0.717) is 19.6 Å². The zero-order valence-electron chi connectivity index (χ0n) is 11.5. The Morgan fingerprint density at radius 2 is 2.14 bits per heavy atom. The van der Waals surface area contributed by atoms with Gasteiger partial charge in [0.15, 0.2) is 0 Å². The van der Waals surface area contributed by atoms with Crippen molar-refractivity contribution in [2.45, 2.75) is 6.18 Å². The normalized spacial score (nSPS) is 14.7. The fourth-order valence-electron chi connectivity index (χ4n) is 1.98. The number of alkyl halides is 3. The van der Waals surface area contributed by atoms with E-state index < -0.39 is 17.8 Å². The quantitative estimate of drug-likeness (QED) is 0.793. The molecule has 4 amide bonds. The molecule has 6 nitrogen and oxygen atoms in total. The Balaban J connectivity index is 1.80. The number of halogens is 3. The minimum absolute atomic E-state index is 0.0474. The summed E-state index contributed by atoms with van der Waals surface area (Å²) in [7, 11) is 0. The standard InChI is InChI=1S/C13H15F3N4O2/c14-13(15,16)9-2-1-3-10(8-9)19-11(21)17-4-6-20-7-5-18-12(20)22/h1-3,8H,4-7H2,(H,18,22)(H2,17,19,21). The highest BCUT2D eigenvalue weighted by atomic mass is 19.4. The first-order valence-electron chi connectivity index (χ1n) is 6.61. The van der Waals surface area contributed by atoms with Crippen molar-refractivity contribution >= 4 is 17.7 Å². The van der Waals surface area contributed by atoms with Crippen LogP contribution in [0.15, 0.2) is 24.3 Å². The molecule has 2 rings (SSSR count). The van der Waals surface area contributed by atoms with Gasteiger partial charge in [0, 0.05) is 31.9 Å². The van der Waals surface area contributed by atoms with Gasteiger partial charge in [-0.1, -0.05) is 6.07 Å². The lowest BCUT2D eigenvalue weighted by Crippen LogP contribution is -2.38. The van der Waals surface area contributed by atoms with Crippen LogP contribution in [0, 0.1) is 0 Å². The zero-order valence-corrected chi connectivity index (χ0v) is 11.5. The molecule has 0 unspecified atom stereocenters. The van der Waals surface area contributed by atoms with Gasteiger partial charge in [-0.2, -0.15) is 13.2 Å². The third kappa shape index (κ3) is 4.27. The smallest absolute Gasteiger partial charge is 0.336 e. The highest BCUT2D eigenvalue weighted by molar-refractivity contribution is 5.89. The number of carbonyl (C=O) groups is 2. The van der Waals surface area contributed by atoms with Crippen molar-refractivity contribution < 1.29 is 22.8 Å². The number of hydrogen-bond acceptors (Lipinski definition) is 2. The number of hydrogen-bond donors (Lipinski definition) is 3. The summed E-state index contributed by atoms with van der Waals surface area (Å²) in [5.41, 5.74) is -0.787. The molecule has 0 radical (unpaired) electrons. The van der Waals surface area contributed by atoms with E-state index in [1.54, 1.807) is 0 Å². The van der Waals surface area contributed by atoms with E-state index in [9.17, 15) is 22.8 Å². The second kappa shape index (κ2) is 6.54. The van der Waals surface area contributed by atoms with Gasteiger partial charge in [0.25, 0.3) is 0 Å². The molecule has 1 fully saturated rings. The molecule has 0 aromatic heterocycles. The van der Waals surface area contributed by atoms with Crippen LogP contribution in [0.5, 0.6) is 0 Å². The van der Waals surface area contributed by atoms with E-state index in [-0.39, 0.29) is 18.3 Å². The van der Waals surface area contributed by atoms with E-state index in [0.717, 1.165) is 12.1 Å². The lowest BCUT2D eigenvalue weighted by atomic mass is 10.2. The summed E-state index contributed by atoms with van der Waals surface area (Å²) in [6, 6.07) is 3.54. The lowest BCUT2D eigenvalue weighted by molar-refractivity contribution is -0.137. The van der Waals surface area contributed by atoms with Crippen LogP contribution in [-0.4, -0.2) is 43.1 Å². The number of carbonyl (C=O) groups excluding carboxylic acids is 2. The van der Waals surface area contributed by atoms with E-state index in [1.165, 1.54) is 17.0 Å². The topological polar surface area (TPSA) is 73.5 Å². The third-order valence-corrected chi connectivity index (χ3v) is 3.06. The molecule has 0 spiro atoms. The molecule has 0 bridgehead atoms. The summed E-state index contributed by atoms with van der Waals surface area (Å²) in [5.74, 6) is 0. The molecule has 1 saturated heterocycles. The highest BCUT2D eigenvalue weighted by Gasteiger charge is 2.30. The maximum absolute atomic E-state index is 12.5. The van der Waals surface area contributed by atoms with E-state index in [4.69, 9.17) is 0 Å². The first-order valence-corrected chi connectivity index (χ1v) is 6.61. The lowest BCUT2D eigenvalue weighted by Gasteiger charge is -2.15. The zero-order chi connectivity index (χ0) is 16.2. The Kier molecular flexibility index (Phi) is 4.74. The fraction of sp³-hybridized carbons (Fsp3) is 0.385. The van der Waals surface area contributed by atoms with Gasteiger partial charge in [0.1, 0.15) is 0 Å². The second-order valence-corrected chi connectivity index (χ2v) is 4.68. The average molecular weight is 316 g/mol. The van der Waals surface area contributed by atoms with E-state index >= 15 is 0 Å². The molecule has 120 valence electrons. The molecular weight excluding hydrogens is 301 g/mol. The summed E-state index contributed by atoms with van der Waals surface area (Å²) >= 11 is 0. The van der Waals surface area contributed by atoms with E-state index in [1.807, 2.05) is 0 Å². The molecule has 1 heterocycles.